The van der Waals surface area contributed by atoms with Crippen LogP contribution in [0.3, 0.4) is 0 Å². The van der Waals surface area contributed by atoms with Gasteiger partial charge in [0.25, 0.3) is 5.91 Å². The lowest BCUT2D eigenvalue weighted by Gasteiger charge is -2.14. The van der Waals surface area contributed by atoms with Crippen molar-refractivity contribution in [3.8, 4) is 0 Å². The van der Waals surface area contributed by atoms with Crippen LogP contribution >= 0.6 is 0 Å². The molecule has 0 spiro atoms. The summed E-state index contributed by atoms with van der Waals surface area (Å²) in [5.41, 5.74) is 0.452. The lowest BCUT2D eigenvalue weighted by molar-refractivity contribution is 0.0937. The van der Waals surface area contributed by atoms with E-state index in [2.05, 4.69) is 30.5 Å². The molecule has 2 N–H and O–H groups in total. The highest BCUT2D eigenvalue weighted by atomic mass is 32.2. The molecule has 0 heterocycles. The van der Waals surface area contributed by atoms with Crippen molar-refractivity contribution in [2.24, 2.45) is 5.92 Å². The standard InChI is InChI=1S/C18H28N2O3S/c1-5-13-19-24(22,23)17-11-9-16(10-12-17)18(21)20-15(4)8-6-7-14(2)3/h5,9-12,14-15,19H,1,6-8,13H2,2-4H3,(H,20,21)/t15-/m0/s1. The lowest BCUT2D eigenvalue weighted by atomic mass is 10.0. The number of hydrogen-bond donors (Lipinski definition) is 2. The van der Waals surface area contributed by atoms with Gasteiger partial charge in [0, 0.05) is 18.2 Å². The smallest absolute Gasteiger partial charge is 0.251 e. The number of carbonyl (C=O) groups is 1. The number of nitrogens with one attached hydrogen (secondary N) is 2. The third-order valence-electron chi connectivity index (χ3n) is 3.64. The first-order valence-electron chi connectivity index (χ1n) is 8.27. The lowest BCUT2D eigenvalue weighted by Crippen LogP contribution is -2.32. The summed E-state index contributed by atoms with van der Waals surface area (Å²) in [5, 5.41) is 2.95. The van der Waals surface area contributed by atoms with Gasteiger partial charge in [0.1, 0.15) is 0 Å². The zero-order valence-corrected chi connectivity index (χ0v) is 15.5. The molecule has 1 rings (SSSR count). The first-order chi connectivity index (χ1) is 11.3. The van der Waals surface area contributed by atoms with Crippen molar-refractivity contribution in [3.63, 3.8) is 0 Å². The van der Waals surface area contributed by atoms with Crippen LogP contribution in [0.5, 0.6) is 0 Å². The van der Waals surface area contributed by atoms with Crippen LogP contribution in [-0.4, -0.2) is 26.9 Å². The van der Waals surface area contributed by atoms with Crippen molar-refractivity contribution < 1.29 is 13.2 Å². The second-order valence-electron chi connectivity index (χ2n) is 6.36. The molecule has 24 heavy (non-hydrogen) atoms. The summed E-state index contributed by atoms with van der Waals surface area (Å²) in [7, 11) is -3.56. The van der Waals surface area contributed by atoms with Gasteiger partial charge in [-0.15, -0.1) is 6.58 Å². The molecule has 0 aliphatic rings. The van der Waals surface area contributed by atoms with Crippen LogP contribution in [0.1, 0.15) is 50.4 Å². The van der Waals surface area contributed by atoms with Crippen LogP contribution < -0.4 is 10.0 Å². The Labute approximate surface area is 145 Å². The van der Waals surface area contributed by atoms with Crippen LogP contribution in [0.15, 0.2) is 41.8 Å². The minimum atomic E-state index is -3.56. The molecule has 0 aromatic heterocycles. The molecule has 0 saturated carbocycles. The summed E-state index contributed by atoms with van der Waals surface area (Å²) in [6, 6.07) is 6.01. The first-order valence-corrected chi connectivity index (χ1v) is 9.76. The van der Waals surface area contributed by atoms with Gasteiger partial charge in [0.15, 0.2) is 0 Å². The highest BCUT2D eigenvalue weighted by molar-refractivity contribution is 7.89. The van der Waals surface area contributed by atoms with Gasteiger partial charge in [-0.3, -0.25) is 4.79 Å². The van der Waals surface area contributed by atoms with E-state index in [1.165, 1.54) is 30.3 Å². The van der Waals surface area contributed by atoms with Crippen LogP contribution in [-0.2, 0) is 10.0 Å². The fourth-order valence-corrected chi connectivity index (χ4v) is 3.25. The number of rotatable bonds is 10. The predicted octanol–water partition coefficient (Wildman–Crippen LogP) is 3.10. The molecule has 0 aliphatic carbocycles. The van der Waals surface area contributed by atoms with Crippen LogP contribution in [0.2, 0.25) is 0 Å². The van der Waals surface area contributed by atoms with E-state index in [4.69, 9.17) is 0 Å². The Hall–Kier alpha value is -1.66. The maximum Gasteiger partial charge on any atom is 0.251 e. The normalized spacial score (nSPS) is 12.8. The van der Waals surface area contributed by atoms with E-state index in [1.807, 2.05) is 6.92 Å². The Morgan fingerprint density at radius 3 is 2.33 bits per heavy atom. The summed E-state index contributed by atoms with van der Waals surface area (Å²) in [6.07, 6.45) is 4.62. The molecule has 0 unspecified atom stereocenters. The molecule has 134 valence electrons. The van der Waals surface area contributed by atoms with Gasteiger partial charge >= 0.3 is 0 Å². The SMILES string of the molecule is C=CCNS(=O)(=O)c1ccc(C(=O)N[C@@H](C)CCCC(C)C)cc1. The Morgan fingerprint density at radius 1 is 1.17 bits per heavy atom. The Kier molecular flexibility index (Phi) is 8.15. The second kappa shape index (κ2) is 9.59. The fraction of sp³-hybridized carbons (Fsp3) is 0.500. The van der Waals surface area contributed by atoms with Crippen molar-refractivity contribution in [1.82, 2.24) is 10.0 Å². The number of carbonyl (C=O) groups excluding carboxylic acids is 1. The highest BCUT2D eigenvalue weighted by Crippen LogP contribution is 2.12. The molecule has 1 atom stereocenters. The van der Waals surface area contributed by atoms with E-state index < -0.39 is 10.0 Å². The topological polar surface area (TPSA) is 75.3 Å². The van der Waals surface area contributed by atoms with Crippen molar-refractivity contribution >= 4 is 15.9 Å². The number of hydrogen-bond acceptors (Lipinski definition) is 3. The van der Waals surface area contributed by atoms with Crippen LogP contribution in [0.4, 0.5) is 0 Å². The molecule has 5 nitrogen and oxygen atoms in total. The van der Waals surface area contributed by atoms with Gasteiger partial charge in [0.05, 0.1) is 4.90 Å². The fourth-order valence-electron chi connectivity index (χ4n) is 2.25. The Balaban J connectivity index is 2.62. The average Bonchev–Trinajstić information content (AvgIpc) is 2.52. The summed E-state index contributed by atoms with van der Waals surface area (Å²) >= 11 is 0. The van der Waals surface area contributed by atoms with Crippen LogP contribution in [0, 0.1) is 5.92 Å². The second-order valence-corrected chi connectivity index (χ2v) is 8.13. The molecule has 1 aromatic rings. The summed E-state index contributed by atoms with van der Waals surface area (Å²) in [4.78, 5) is 12.3. The number of benzene rings is 1. The average molecular weight is 353 g/mol. The molecule has 0 bridgehead atoms. The molecule has 0 radical (unpaired) electrons. The van der Waals surface area contributed by atoms with E-state index in [0.717, 1.165) is 19.3 Å². The van der Waals surface area contributed by atoms with Crippen molar-refractivity contribution in [2.45, 2.75) is 51.0 Å². The molecule has 0 saturated heterocycles. The minimum Gasteiger partial charge on any atom is -0.350 e. The molecular formula is C18H28N2O3S. The maximum absolute atomic E-state index is 12.2. The molecule has 1 aromatic carbocycles. The van der Waals surface area contributed by atoms with E-state index >= 15 is 0 Å². The monoisotopic (exact) mass is 352 g/mol. The zero-order valence-electron chi connectivity index (χ0n) is 14.7. The third kappa shape index (κ3) is 6.84. The summed E-state index contributed by atoms with van der Waals surface area (Å²) in [5.74, 6) is 0.479. The van der Waals surface area contributed by atoms with Gasteiger partial charge in [0.2, 0.25) is 10.0 Å². The van der Waals surface area contributed by atoms with E-state index in [-0.39, 0.29) is 23.4 Å². The van der Waals surface area contributed by atoms with Crippen molar-refractivity contribution in [2.75, 3.05) is 6.54 Å². The zero-order chi connectivity index (χ0) is 18.2. The van der Waals surface area contributed by atoms with Gasteiger partial charge in [-0.1, -0.05) is 32.8 Å². The van der Waals surface area contributed by atoms with Gasteiger partial charge in [-0.05, 0) is 43.5 Å². The number of amides is 1. The van der Waals surface area contributed by atoms with E-state index in [1.54, 1.807) is 0 Å². The van der Waals surface area contributed by atoms with Crippen molar-refractivity contribution in [1.29, 1.82) is 0 Å². The molecule has 1 amide bonds. The first kappa shape index (κ1) is 20.4. The maximum atomic E-state index is 12.2. The van der Waals surface area contributed by atoms with Gasteiger partial charge in [-0.25, -0.2) is 13.1 Å². The highest BCUT2D eigenvalue weighted by Gasteiger charge is 2.15. The molecule has 0 fully saturated rings. The summed E-state index contributed by atoms with van der Waals surface area (Å²) < 4.78 is 26.3. The summed E-state index contributed by atoms with van der Waals surface area (Å²) in [6.45, 7) is 9.99. The molecule has 6 heteroatoms. The van der Waals surface area contributed by atoms with Gasteiger partial charge in [-0.2, -0.15) is 0 Å². The Bertz CT molecular complexity index is 637. The predicted molar refractivity (Wildman–Crippen MR) is 97.4 cm³/mol. The third-order valence-corrected chi connectivity index (χ3v) is 5.08. The molecular weight excluding hydrogens is 324 g/mol. The molecule has 0 aliphatic heterocycles. The quantitative estimate of drug-likeness (QED) is 0.635. The minimum absolute atomic E-state index is 0.0916. The Morgan fingerprint density at radius 2 is 1.79 bits per heavy atom. The van der Waals surface area contributed by atoms with E-state index in [0.29, 0.717) is 11.5 Å². The largest absolute Gasteiger partial charge is 0.350 e. The van der Waals surface area contributed by atoms with Crippen molar-refractivity contribution in [3.05, 3.63) is 42.5 Å². The van der Waals surface area contributed by atoms with Crippen LogP contribution in [0.25, 0.3) is 0 Å². The van der Waals surface area contributed by atoms with E-state index in [9.17, 15) is 13.2 Å². The number of sulfonamides is 1. The van der Waals surface area contributed by atoms with Gasteiger partial charge < -0.3 is 5.32 Å².